The third-order valence-electron chi connectivity index (χ3n) is 5.40. The van der Waals surface area contributed by atoms with Gasteiger partial charge in [0.1, 0.15) is 0 Å². The second-order valence-electron chi connectivity index (χ2n) is 6.81. The van der Waals surface area contributed by atoms with Crippen molar-refractivity contribution >= 4 is 23.4 Å². The van der Waals surface area contributed by atoms with E-state index in [4.69, 9.17) is 11.6 Å². The fourth-order valence-electron chi connectivity index (χ4n) is 3.86. The average molecular weight is 321 g/mol. The molecule has 0 bridgehead atoms. The zero-order valence-corrected chi connectivity index (χ0v) is 13.6. The Morgan fingerprint density at radius 1 is 1.27 bits per heavy atom. The molecule has 0 saturated heterocycles. The van der Waals surface area contributed by atoms with Crippen molar-refractivity contribution in [2.45, 2.75) is 63.2 Å². The van der Waals surface area contributed by atoms with Crippen molar-refractivity contribution in [2.75, 3.05) is 0 Å². The van der Waals surface area contributed by atoms with Gasteiger partial charge in [0, 0.05) is 17.0 Å². The maximum atomic E-state index is 12.3. The molecule has 2 aliphatic carbocycles. The summed E-state index contributed by atoms with van der Waals surface area (Å²) in [4.78, 5) is 24.0. The van der Waals surface area contributed by atoms with Gasteiger partial charge in [-0.05, 0) is 55.4 Å². The molecule has 0 radical (unpaired) electrons. The standard InChI is InChI=1S/C18H21ClO3/c1-18(17(21)22)8-7-16(20)13-9-12(15(19)10-14(13)18)11-5-3-2-4-6-11/h9-11H,2-8H2,1H3,(H,21,22). The molecule has 0 spiro atoms. The fraction of sp³-hybridized carbons (Fsp3) is 0.556. The van der Waals surface area contributed by atoms with E-state index in [1.165, 1.54) is 19.3 Å². The first kappa shape index (κ1) is 15.5. The number of carboxylic acid groups (broad SMARTS) is 1. The minimum absolute atomic E-state index is 0.0439. The SMILES string of the molecule is CC1(C(=O)O)CCC(=O)c2cc(C3CCCCC3)c(Cl)cc21. The van der Waals surface area contributed by atoms with E-state index in [-0.39, 0.29) is 5.78 Å². The van der Waals surface area contributed by atoms with Crippen molar-refractivity contribution in [1.29, 1.82) is 0 Å². The Morgan fingerprint density at radius 2 is 1.95 bits per heavy atom. The molecule has 1 unspecified atom stereocenters. The Bertz CT molecular complexity index is 631. The van der Waals surface area contributed by atoms with Gasteiger partial charge in [-0.15, -0.1) is 0 Å². The fourth-order valence-corrected chi connectivity index (χ4v) is 4.18. The molecule has 4 heteroatoms. The largest absolute Gasteiger partial charge is 0.481 e. The van der Waals surface area contributed by atoms with Crippen LogP contribution in [0.1, 0.15) is 79.3 Å². The van der Waals surface area contributed by atoms with E-state index >= 15 is 0 Å². The van der Waals surface area contributed by atoms with Crippen LogP contribution in [0.5, 0.6) is 0 Å². The van der Waals surface area contributed by atoms with E-state index in [0.29, 0.717) is 34.9 Å². The van der Waals surface area contributed by atoms with E-state index < -0.39 is 11.4 Å². The number of carboxylic acids is 1. The number of rotatable bonds is 2. The normalized spacial score (nSPS) is 25.8. The van der Waals surface area contributed by atoms with Crippen LogP contribution in [0.15, 0.2) is 12.1 Å². The zero-order chi connectivity index (χ0) is 15.9. The molecule has 0 aliphatic heterocycles. The number of Topliss-reactive ketones (excluding diaryl/α,β-unsaturated/α-hetero) is 1. The molecule has 0 aromatic heterocycles. The number of ketones is 1. The predicted molar refractivity (Wildman–Crippen MR) is 85.8 cm³/mol. The smallest absolute Gasteiger partial charge is 0.313 e. The topological polar surface area (TPSA) is 54.4 Å². The number of benzene rings is 1. The molecule has 1 fully saturated rings. The van der Waals surface area contributed by atoms with E-state index in [2.05, 4.69) is 0 Å². The molecule has 1 atom stereocenters. The van der Waals surface area contributed by atoms with Crippen molar-refractivity contribution in [3.8, 4) is 0 Å². The summed E-state index contributed by atoms with van der Waals surface area (Å²) in [5, 5.41) is 10.2. The lowest BCUT2D eigenvalue weighted by Gasteiger charge is -2.33. The molecule has 1 aromatic rings. The number of hydrogen-bond donors (Lipinski definition) is 1. The van der Waals surface area contributed by atoms with Crippen LogP contribution in [0.25, 0.3) is 0 Å². The number of aliphatic carboxylic acids is 1. The summed E-state index contributed by atoms with van der Waals surface area (Å²) in [6, 6.07) is 3.63. The van der Waals surface area contributed by atoms with Crippen LogP contribution in [0.4, 0.5) is 0 Å². The van der Waals surface area contributed by atoms with Gasteiger partial charge in [-0.3, -0.25) is 9.59 Å². The highest BCUT2D eigenvalue weighted by molar-refractivity contribution is 6.31. The van der Waals surface area contributed by atoms with E-state index in [1.807, 2.05) is 6.07 Å². The van der Waals surface area contributed by atoms with Crippen molar-refractivity contribution < 1.29 is 14.7 Å². The number of halogens is 1. The summed E-state index contributed by atoms with van der Waals surface area (Å²) in [5.41, 5.74) is 1.17. The number of carbonyl (C=O) groups is 2. The van der Waals surface area contributed by atoms with Crippen LogP contribution >= 0.6 is 11.6 Å². The third kappa shape index (κ3) is 2.45. The van der Waals surface area contributed by atoms with Gasteiger partial charge < -0.3 is 5.11 Å². The van der Waals surface area contributed by atoms with Crippen LogP contribution in [-0.4, -0.2) is 16.9 Å². The summed E-state index contributed by atoms with van der Waals surface area (Å²) in [7, 11) is 0. The summed E-state index contributed by atoms with van der Waals surface area (Å²) in [6.07, 6.45) is 6.48. The van der Waals surface area contributed by atoms with E-state index in [1.54, 1.807) is 13.0 Å². The Hall–Kier alpha value is -1.35. The predicted octanol–water partition coefficient (Wildman–Crippen LogP) is 4.71. The lowest BCUT2D eigenvalue weighted by molar-refractivity contribution is -0.143. The lowest BCUT2D eigenvalue weighted by atomic mass is 9.69. The zero-order valence-electron chi connectivity index (χ0n) is 12.8. The van der Waals surface area contributed by atoms with Gasteiger partial charge in [0.05, 0.1) is 5.41 Å². The Labute approximate surface area is 135 Å². The van der Waals surface area contributed by atoms with Gasteiger partial charge in [-0.1, -0.05) is 30.9 Å². The minimum Gasteiger partial charge on any atom is -0.481 e. The van der Waals surface area contributed by atoms with Gasteiger partial charge in [0.2, 0.25) is 0 Å². The third-order valence-corrected chi connectivity index (χ3v) is 5.73. The van der Waals surface area contributed by atoms with Gasteiger partial charge in [0.15, 0.2) is 5.78 Å². The molecule has 0 amide bonds. The highest BCUT2D eigenvalue weighted by atomic mass is 35.5. The molecule has 1 aromatic carbocycles. The summed E-state index contributed by atoms with van der Waals surface area (Å²) in [5.74, 6) is -0.442. The minimum atomic E-state index is -1.02. The van der Waals surface area contributed by atoms with Gasteiger partial charge in [0.25, 0.3) is 0 Å². The van der Waals surface area contributed by atoms with Crippen LogP contribution in [0.3, 0.4) is 0 Å². The van der Waals surface area contributed by atoms with Crippen molar-refractivity contribution in [3.63, 3.8) is 0 Å². The van der Waals surface area contributed by atoms with Crippen LogP contribution in [0, 0.1) is 0 Å². The number of carbonyl (C=O) groups excluding carboxylic acids is 1. The maximum Gasteiger partial charge on any atom is 0.313 e. The van der Waals surface area contributed by atoms with Crippen molar-refractivity contribution in [2.24, 2.45) is 0 Å². The quantitative estimate of drug-likeness (QED) is 0.858. The van der Waals surface area contributed by atoms with E-state index in [9.17, 15) is 14.7 Å². The summed E-state index contributed by atoms with van der Waals surface area (Å²) in [6.45, 7) is 1.69. The second kappa shape index (κ2) is 5.69. The van der Waals surface area contributed by atoms with Crippen molar-refractivity contribution in [1.82, 2.24) is 0 Å². The first-order valence-corrected chi connectivity index (χ1v) is 8.42. The number of hydrogen-bond acceptors (Lipinski definition) is 2. The maximum absolute atomic E-state index is 12.3. The van der Waals surface area contributed by atoms with Gasteiger partial charge in [-0.2, -0.15) is 0 Å². The molecule has 1 N–H and O–H groups in total. The average Bonchev–Trinajstić information content (AvgIpc) is 2.51. The second-order valence-corrected chi connectivity index (χ2v) is 7.22. The molecule has 3 rings (SSSR count). The molecule has 0 heterocycles. The molecule has 2 aliphatic rings. The molecular weight excluding hydrogens is 300 g/mol. The van der Waals surface area contributed by atoms with Gasteiger partial charge >= 0.3 is 5.97 Å². The number of fused-ring (bicyclic) bond motifs is 1. The van der Waals surface area contributed by atoms with Crippen LogP contribution < -0.4 is 0 Å². The lowest BCUT2D eigenvalue weighted by Crippen LogP contribution is -2.38. The molecule has 3 nitrogen and oxygen atoms in total. The first-order chi connectivity index (χ1) is 10.4. The molecule has 118 valence electrons. The van der Waals surface area contributed by atoms with Crippen LogP contribution in [-0.2, 0) is 10.2 Å². The highest BCUT2D eigenvalue weighted by Gasteiger charge is 2.42. The summed E-state index contributed by atoms with van der Waals surface area (Å²) >= 11 is 6.47. The monoisotopic (exact) mass is 320 g/mol. The van der Waals surface area contributed by atoms with E-state index in [0.717, 1.165) is 18.4 Å². The summed E-state index contributed by atoms with van der Waals surface area (Å²) < 4.78 is 0. The Morgan fingerprint density at radius 3 is 2.59 bits per heavy atom. The van der Waals surface area contributed by atoms with Gasteiger partial charge in [-0.25, -0.2) is 0 Å². The highest BCUT2D eigenvalue weighted by Crippen LogP contribution is 2.43. The molecular formula is C18H21ClO3. The van der Waals surface area contributed by atoms with Crippen molar-refractivity contribution in [3.05, 3.63) is 33.8 Å². The first-order valence-electron chi connectivity index (χ1n) is 8.04. The Balaban J connectivity index is 2.10. The molecule has 1 saturated carbocycles. The van der Waals surface area contributed by atoms with Crippen LogP contribution in [0.2, 0.25) is 5.02 Å². The Kier molecular flexibility index (Phi) is 4.02. The molecule has 22 heavy (non-hydrogen) atoms.